The Hall–Kier alpha value is -2.82. The molecule has 10 heteroatoms. The quantitative estimate of drug-likeness (QED) is 0.403. The standard InChI is InChI=1S/C16H10N2O6S2/c19-25(20)11-1-2-12-10(7-11)8-13(26(21,22)23)15-14(12)18-16(24-15)9-3-5-17-6-4-9/h1-8,25H,(H,21,22,23). The molecule has 0 aliphatic rings. The fraction of sp³-hybridized carbons (Fsp3) is 0. The average molecular weight is 390 g/mol. The lowest BCUT2D eigenvalue weighted by Crippen LogP contribution is -1.99. The van der Waals surface area contributed by atoms with Crippen LogP contribution in [0.15, 0.2) is 63.0 Å². The minimum atomic E-state index is -4.62. The van der Waals surface area contributed by atoms with Gasteiger partial charge in [0.15, 0.2) is 16.3 Å². The van der Waals surface area contributed by atoms with Gasteiger partial charge in [-0.1, -0.05) is 6.07 Å². The number of hydrogen-bond donors (Lipinski definition) is 2. The van der Waals surface area contributed by atoms with E-state index in [1.54, 1.807) is 12.1 Å². The third kappa shape index (κ3) is 2.73. The molecule has 0 saturated heterocycles. The first-order valence-corrected chi connectivity index (χ1v) is 9.86. The van der Waals surface area contributed by atoms with Gasteiger partial charge in [0.05, 0.1) is 4.90 Å². The van der Waals surface area contributed by atoms with E-state index in [0.29, 0.717) is 16.3 Å². The summed E-state index contributed by atoms with van der Waals surface area (Å²) in [5, 5.41) is 0.799. The van der Waals surface area contributed by atoms with Gasteiger partial charge in [0.2, 0.25) is 5.89 Å². The number of aromatic nitrogens is 2. The molecule has 0 atom stereocenters. The van der Waals surface area contributed by atoms with E-state index in [2.05, 4.69) is 9.97 Å². The average Bonchev–Trinajstić information content (AvgIpc) is 3.05. The SMILES string of the molecule is O=[SH](=O)c1ccc2c(c1)cc(S(=O)(=O)O)c1oc(-c3ccncc3)nc12. The van der Waals surface area contributed by atoms with Crippen molar-refractivity contribution < 1.29 is 25.8 Å². The Morgan fingerprint density at radius 2 is 1.77 bits per heavy atom. The second kappa shape index (κ2) is 5.87. The smallest absolute Gasteiger partial charge is 0.298 e. The van der Waals surface area contributed by atoms with Crippen molar-refractivity contribution >= 4 is 42.7 Å². The van der Waals surface area contributed by atoms with Crippen LogP contribution in [0.3, 0.4) is 0 Å². The first-order valence-electron chi connectivity index (χ1n) is 7.24. The highest BCUT2D eigenvalue weighted by Gasteiger charge is 2.22. The van der Waals surface area contributed by atoms with E-state index in [4.69, 9.17) is 4.42 Å². The van der Waals surface area contributed by atoms with Gasteiger partial charge in [-0.3, -0.25) is 9.54 Å². The summed E-state index contributed by atoms with van der Waals surface area (Å²) in [6.07, 6.45) is 3.06. The number of thiol groups is 1. The molecule has 26 heavy (non-hydrogen) atoms. The van der Waals surface area contributed by atoms with E-state index in [-0.39, 0.29) is 21.9 Å². The van der Waals surface area contributed by atoms with Crippen molar-refractivity contribution in [3.8, 4) is 11.5 Å². The molecule has 2 aromatic carbocycles. The van der Waals surface area contributed by atoms with Crippen LogP contribution in [0.1, 0.15) is 0 Å². The maximum Gasteiger partial charge on any atom is 0.298 e. The molecule has 0 radical (unpaired) electrons. The van der Waals surface area contributed by atoms with Crippen LogP contribution >= 0.6 is 0 Å². The van der Waals surface area contributed by atoms with Gasteiger partial charge in [-0.25, -0.2) is 13.4 Å². The largest absolute Gasteiger partial charge is 0.435 e. The molecule has 0 aliphatic carbocycles. The van der Waals surface area contributed by atoms with E-state index >= 15 is 0 Å². The van der Waals surface area contributed by atoms with E-state index in [1.165, 1.54) is 30.6 Å². The fourth-order valence-electron chi connectivity index (χ4n) is 2.68. The van der Waals surface area contributed by atoms with Crippen molar-refractivity contribution in [1.29, 1.82) is 0 Å². The molecule has 0 fully saturated rings. The number of fused-ring (bicyclic) bond motifs is 3. The Kier molecular flexibility index (Phi) is 3.75. The maximum atomic E-state index is 11.8. The second-order valence-electron chi connectivity index (χ2n) is 5.44. The van der Waals surface area contributed by atoms with E-state index in [0.717, 1.165) is 6.07 Å². The van der Waals surface area contributed by atoms with Gasteiger partial charge in [-0.2, -0.15) is 8.42 Å². The number of nitrogens with zero attached hydrogens (tertiary/aromatic N) is 2. The van der Waals surface area contributed by atoms with Crippen molar-refractivity contribution in [2.24, 2.45) is 0 Å². The monoisotopic (exact) mass is 390 g/mol. The van der Waals surface area contributed by atoms with Gasteiger partial charge < -0.3 is 4.42 Å². The molecular weight excluding hydrogens is 380 g/mol. The van der Waals surface area contributed by atoms with E-state index < -0.39 is 25.7 Å². The molecule has 0 amide bonds. The zero-order valence-corrected chi connectivity index (χ0v) is 14.6. The van der Waals surface area contributed by atoms with Crippen molar-refractivity contribution in [1.82, 2.24) is 9.97 Å². The van der Waals surface area contributed by atoms with Crippen LogP contribution in [-0.2, 0) is 20.8 Å². The number of benzene rings is 2. The highest BCUT2D eigenvalue weighted by molar-refractivity contribution is 7.86. The first kappa shape index (κ1) is 16.6. The third-order valence-electron chi connectivity index (χ3n) is 3.84. The minimum Gasteiger partial charge on any atom is -0.435 e. The van der Waals surface area contributed by atoms with Crippen LogP contribution in [0.4, 0.5) is 0 Å². The maximum absolute atomic E-state index is 11.8. The van der Waals surface area contributed by atoms with Crippen LogP contribution in [0.25, 0.3) is 33.3 Å². The summed E-state index contributed by atoms with van der Waals surface area (Å²) >= 11 is 0. The van der Waals surface area contributed by atoms with Crippen LogP contribution in [-0.4, -0.2) is 31.4 Å². The van der Waals surface area contributed by atoms with Crippen molar-refractivity contribution in [3.63, 3.8) is 0 Å². The van der Waals surface area contributed by atoms with Gasteiger partial charge >= 0.3 is 0 Å². The zero-order valence-electron chi connectivity index (χ0n) is 12.9. The number of hydrogen-bond acceptors (Lipinski definition) is 7. The molecule has 4 rings (SSSR count). The Balaban J connectivity index is 2.13. The summed E-state index contributed by atoms with van der Waals surface area (Å²) in [6.45, 7) is 0. The van der Waals surface area contributed by atoms with Crippen LogP contribution in [0, 0.1) is 0 Å². The first-order chi connectivity index (χ1) is 12.3. The van der Waals surface area contributed by atoms with Gasteiger partial charge in [-0.15, -0.1) is 0 Å². The molecule has 1 N–H and O–H groups in total. The van der Waals surface area contributed by atoms with E-state index in [1.807, 2.05) is 0 Å². The molecule has 0 spiro atoms. The lowest BCUT2D eigenvalue weighted by molar-refractivity contribution is 0.482. The summed E-state index contributed by atoms with van der Waals surface area (Å²) < 4.78 is 61.2. The Morgan fingerprint density at radius 3 is 2.42 bits per heavy atom. The van der Waals surface area contributed by atoms with Gasteiger partial charge in [0.1, 0.15) is 10.4 Å². The molecule has 132 valence electrons. The number of pyridine rings is 1. The third-order valence-corrected chi connectivity index (χ3v) is 5.40. The zero-order chi connectivity index (χ0) is 18.5. The minimum absolute atomic E-state index is 0.0194. The van der Waals surface area contributed by atoms with E-state index in [9.17, 15) is 21.4 Å². The molecule has 2 heterocycles. The fourth-order valence-corrected chi connectivity index (χ4v) is 3.77. The summed E-state index contributed by atoms with van der Waals surface area (Å²) in [6, 6.07) is 8.67. The molecule has 0 bridgehead atoms. The molecule has 2 aromatic heterocycles. The van der Waals surface area contributed by atoms with Crippen LogP contribution < -0.4 is 0 Å². The highest BCUT2D eigenvalue weighted by Crippen LogP contribution is 2.34. The van der Waals surface area contributed by atoms with Crippen molar-refractivity contribution in [3.05, 3.63) is 48.8 Å². The Bertz CT molecular complexity index is 1330. The summed E-state index contributed by atoms with van der Waals surface area (Å²) in [4.78, 5) is 7.77. The number of rotatable bonds is 3. The summed E-state index contributed by atoms with van der Waals surface area (Å²) in [5.41, 5.74) is 0.672. The molecular formula is C16H10N2O6S2. The van der Waals surface area contributed by atoms with Crippen molar-refractivity contribution in [2.75, 3.05) is 0 Å². The summed E-state index contributed by atoms with van der Waals surface area (Å²) in [7, 11) is -7.46. The molecule has 0 aliphatic heterocycles. The lowest BCUT2D eigenvalue weighted by atomic mass is 10.1. The van der Waals surface area contributed by atoms with Crippen LogP contribution in [0.5, 0.6) is 0 Å². The Morgan fingerprint density at radius 1 is 1.04 bits per heavy atom. The molecule has 8 nitrogen and oxygen atoms in total. The van der Waals surface area contributed by atoms with Crippen molar-refractivity contribution in [2.45, 2.75) is 9.79 Å². The molecule has 4 aromatic rings. The molecule has 0 saturated carbocycles. The Labute approximate surface area is 148 Å². The predicted molar refractivity (Wildman–Crippen MR) is 93.1 cm³/mol. The number of oxazole rings is 1. The predicted octanol–water partition coefficient (Wildman–Crippen LogP) is 2.26. The highest BCUT2D eigenvalue weighted by atomic mass is 32.2. The normalized spacial score (nSPS) is 12.2. The molecule has 0 unspecified atom stereocenters. The van der Waals surface area contributed by atoms with Gasteiger partial charge in [0.25, 0.3) is 10.1 Å². The lowest BCUT2D eigenvalue weighted by Gasteiger charge is -2.03. The van der Waals surface area contributed by atoms with Gasteiger partial charge in [-0.05, 0) is 35.7 Å². The topological polar surface area (TPSA) is 127 Å². The van der Waals surface area contributed by atoms with Crippen LogP contribution in [0.2, 0.25) is 0 Å². The van der Waals surface area contributed by atoms with Gasteiger partial charge in [0, 0.05) is 23.3 Å². The summed E-state index contributed by atoms with van der Waals surface area (Å²) in [5.74, 6) is 0.152. The second-order valence-corrected chi connectivity index (χ2v) is 7.87.